The maximum atomic E-state index is 2.43. The van der Waals surface area contributed by atoms with E-state index >= 15 is 0 Å². The van der Waals surface area contributed by atoms with E-state index in [1.54, 1.807) is 0 Å². The van der Waals surface area contributed by atoms with Crippen LogP contribution in [0.5, 0.6) is 0 Å². The van der Waals surface area contributed by atoms with Gasteiger partial charge in [-0.25, -0.2) is 0 Å². The molecule has 11 aromatic rings. The highest BCUT2D eigenvalue weighted by atomic mass is 14.2. The van der Waals surface area contributed by atoms with Crippen LogP contribution in [0.25, 0.3) is 109 Å². The second kappa shape index (κ2) is 11.4. The first-order chi connectivity index (χ1) is 25.8. The lowest BCUT2D eigenvalue weighted by Crippen LogP contribution is -1.92. The predicted molar refractivity (Wildman–Crippen MR) is 225 cm³/mol. The van der Waals surface area contributed by atoms with Crippen molar-refractivity contribution >= 4 is 75.4 Å². The molecule has 240 valence electrons. The third kappa shape index (κ3) is 4.35. The molecule has 0 heterocycles. The molecule has 0 aliphatic heterocycles. The zero-order chi connectivity index (χ0) is 34.2. The van der Waals surface area contributed by atoms with Gasteiger partial charge in [0.15, 0.2) is 0 Å². The normalized spacial score (nSPS) is 11.8. The minimum absolute atomic E-state index is 1.24. The summed E-state index contributed by atoms with van der Waals surface area (Å²) in [5.74, 6) is 0. The number of rotatable bonds is 3. The minimum Gasteiger partial charge on any atom is -0.0616 e. The van der Waals surface area contributed by atoms with Crippen LogP contribution in [0.2, 0.25) is 0 Å². The van der Waals surface area contributed by atoms with Crippen molar-refractivity contribution in [2.45, 2.75) is 0 Å². The molecule has 0 fully saturated rings. The molecule has 0 N–H and O–H groups in total. The van der Waals surface area contributed by atoms with E-state index in [-0.39, 0.29) is 0 Å². The molecule has 0 unspecified atom stereocenters. The standard InChI is InChI=1S/C52H32/c1-3-15-39-33(12-1)14-11-23-41(39)50-30-36-27-29-38(32-49(36)42-17-5-6-18-43(42)50)52-46-21-9-7-19-44(46)51(45-20-8-10-22-47(45)52)37-28-26-35-25-24-34-13-2-4-16-40(34)48(35)31-37/h1-32H. The molecule has 0 saturated heterocycles. The smallest absolute Gasteiger partial charge is 0.00261 e. The summed E-state index contributed by atoms with van der Waals surface area (Å²) in [5, 5.41) is 17.8. The average Bonchev–Trinajstić information content (AvgIpc) is 3.22. The zero-order valence-corrected chi connectivity index (χ0v) is 28.5. The van der Waals surface area contributed by atoms with E-state index in [0.717, 1.165) is 0 Å². The molecule has 0 atom stereocenters. The highest BCUT2D eigenvalue weighted by Crippen LogP contribution is 2.46. The Morgan fingerprint density at radius 3 is 1.21 bits per heavy atom. The molecule has 0 radical (unpaired) electrons. The highest BCUT2D eigenvalue weighted by Gasteiger charge is 2.18. The van der Waals surface area contributed by atoms with Crippen LogP contribution >= 0.6 is 0 Å². The van der Waals surface area contributed by atoms with Crippen LogP contribution in [0.15, 0.2) is 194 Å². The van der Waals surface area contributed by atoms with Crippen molar-refractivity contribution in [3.05, 3.63) is 194 Å². The minimum atomic E-state index is 1.24. The maximum Gasteiger partial charge on any atom is -0.00261 e. The summed E-state index contributed by atoms with van der Waals surface area (Å²) in [6.07, 6.45) is 0. The van der Waals surface area contributed by atoms with Gasteiger partial charge in [-0.05, 0) is 127 Å². The Labute approximate surface area is 301 Å². The van der Waals surface area contributed by atoms with E-state index in [1.807, 2.05) is 0 Å². The summed E-state index contributed by atoms with van der Waals surface area (Å²) in [6.45, 7) is 0. The van der Waals surface area contributed by atoms with Crippen LogP contribution in [-0.2, 0) is 0 Å². The molecular formula is C52H32. The lowest BCUT2D eigenvalue weighted by Gasteiger charge is -2.19. The van der Waals surface area contributed by atoms with Gasteiger partial charge in [-0.3, -0.25) is 0 Å². The molecule has 0 amide bonds. The van der Waals surface area contributed by atoms with Crippen molar-refractivity contribution in [3.8, 4) is 33.4 Å². The fraction of sp³-hybridized carbons (Fsp3) is 0. The van der Waals surface area contributed by atoms with Gasteiger partial charge in [0.25, 0.3) is 0 Å². The van der Waals surface area contributed by atoms with Crippen molar-refractivity contribution in [2.75, 3.05) is 0 Å². The number of fused-ring (bicyclic) bond motifs is 9. The summed E-state index contributed by atoms with van der Waals surface area (Å²) in [7, 11) is 0. The zero-order valence-electron chi connectivity index (χ0n) is 28.5. The van der Waals surface area contributed by atoms with Gasteiger partial charge in [-0.2, -0.15) is 0 Å². The van der Waals surface area contributed by atoms with Crippen LogP contribution in [0, 0.1) is 0 Å². The molecule has 0 saturated carbocycles. The molecule has 0 heteroatoms. The first-order valence-corrected chi connectivity index (χ1v) is 18.1. The van der Waals surface area contributed by atoms with E-state index in [2.05, 4.69) is 194 Å². The summed E-state index contributed by atoms with van der Waals surface area (Å²) >= 11 is 0. The van der Waals surface area contributed by atoms with Gasteiger partial charge >= 0.3 is 0 Å². The van der Waals surface area contributed by atoms with Gasteiger partial charge in [-0.15, -0.1) is 0 Å². The molecule has 0 nitrogen and oxygen atoms in total. The van der Waals surface area contributed by atoms with Crippen molar-refractivity contribution in [1.29, 1.82) is 0 Å². The van der Waals surface area contributed by atoms with Gasteiger partial charge in [0, 0.05) is 0 Å². The molecule has 0 aliphatic carbocycles. The molecule has 11 rings (SSSR count). The largest absolute Gasteiger partial charge is 0.0616 e. The van der Waals surface area contributed by atoms with Gasteiger partial charge < -0.3 is 0 Å². The first kappa shape index (κ1) is 29.0. The van der Waals surface area contributed by atoms with Gasteiger partial charge in [0.1, 0.15) is 0 Å². The molecule has 0 spiro atoms. The highest BCUT2D eigenvalue weighted by molar-refractivity contribution is 6.24. The second-order valence-electron chi connectivity index (χ2n) is 14.0. The topological polar surface area (TPSA) is 0 Å². The SMILES string of the molecule is c1ccc2c(-c3cc4ccc(-c5c6ccccc6c(-c6ccc7ccc8ccccc8c7c6)c6ccccc56)cc4c4ccccc34)cccc2c1. The Balaban J connectivity index is 1.17. The van der Waals surface area contributed by atoms with Gasteiger partial charge in [0.05, 0.1) is 0 Å². The molecule has 11 aromatic carbocycles. The Morgan fingerprint density at radius 1 is 0.192 bits per heavy atom. The van der Waals surface area contributed by atoms with Crippen molar-refractivity contribution in [1.82, 2.24) is 0 Å². The fourth-order valence-electron chi connectivity index (χ4n) is 8.85. The molecule has 0 bridgehead atoms. The van der Waals surface area contributed by atoms with Crippen molar-refractivity contribution in [3.63, 3.8) is 0 Å². The molecule has 0 aliphatic rings. The van der Waals surface area contributed by atoms with Crippen LogP contribution in [0.1, 0.15) is 0 Å². The Hall–Kier alpha value is -6.76. The van der Waals surface area contributed by atoms with Crippen molar-refractivity contribution < 1.29 is 0 Å². The third-order valence-electron chi connectivity index (χ3n) is 11.2. The number of hydrogen-bond donors (Lipinski definition) is 0. The molecule has 0 aromatic heterocycles. The van der Waals surface area contributed by atoms with Crippen LogP contribution in [-0.4, -0.2) is 0 Å². The lowest BCUT2D eigenvalue weighted by molar-refractivity contribution is 1.68. The van der Waals surface area contributed by atoms with Gasteiger partial charge in [-0.1, -0.05) is 176 Å². The quantitative estimate of drug-likeness (QED) is 0.131. The Kier molecular flexibility index (Phi) is 6.35. The second-order valence-corrected chi connectivity index (χ2v) is 14.0. The predicted octanol–water partition coefficient (Wildman–Crippen LogP) is 14.8. The van der Waals surface area contributed by atoms with E-state index in [4.69, 9.17) is 0 Å². The van der Waals surface area contributed by atoms with Crippen LogP contribution < -0.4 is 0 Å². The van der Waals surface area contributed by atoms with E-state index in [9.17, 15) is 0 Å². The summed E-state index contributed by atoms with van der Waals surface area (Å²) < 4.78 is 0. The molecule has 52 heavy (non-hydrogen) atoms. The Morgan fingerprint density at radius 2 is 0.596 bits per heavy atom. The van der Waals surface area contributed by atoms with E-state index in [0.29, 0.717) is 0 Å². The fourth-order valence-corrected chi connectivity index (χ4v) is 8.85. The number of hydrogen-bond acceptors (Lipinski definition) is 0. The van der Waals surface area contributed by atoms with E-state index in [1.165, 1.54) is 109 Å². The molecular weight excluding hydrogens is 625 g/mol. The monoisotopic (exact) mass is 656 g/mol. The first-order valence-electron chi connectivity index (χ1n) is 18.1. The summed E-state index contributed by atoms with van der Waals surface area (Å²) in [6, 6.07) is 71.9. The third-order valence-corrected chi connectivity index (χ3v) is 11.2. The van der Waals surface area contributed by atoms with E-state index < -0.39 is 0 Å². The maximum absolute atomic E-state index is 2.43. The lowest BCUT2D eigenvalue weighted by atomic mass is 9.84. The summed E-state index contributed by atoms with van der Waals surface area (Å²) in [5.41, 5.74) is 7.60. The van der Waals surface area contributed by atoms with Crippen molar-refractivity contribution in [2.24, 2.45) is 0 Å². The number of benzene rings is 11. The van der Waals surface area contributed by atoms with Crippen LogP contribution in [0.3, 0.4) is 0 Å². The van der Waals surface area contributed by atoms with Crippen LogP contribution in [0.4, 0.5) is 0 Å². The average molecular weight is 657 g/mol. The Bertz CT molecular complexity index is 3170. The van der Waals surface area contributed by atoms with Gasteiger partial charge in [0.2, 0.25) is 0 Å². The summed E-state index contributed by atoms with van der Waals surface area (Å²) in [4.78, 5) is 0.